The number of para-hydroxylation sites is 2. The van der Waals surface area contributed by atoms with Crippen molar-refractivity contribution in [1.82, 2.24) is 15.5 Å². The lowest BCUT2D eigenvalue weighted by atomic mass is 9.98. The summed E-state index contributed by atoms with van der Waals surface area (Å²) >= 11 is 0. The van der Waals surface area contributed by atoms with Gasteiger partial charge in [0.25, 0.3) is 11.8 Å². The first kappa shape index (κ1) is 31.4. The third-order valence-electron chi connectivity index (χ3n) is 8.20. The minimum absolute atomic E-state index is 0.0802. The molecule has 0 saturated heterocycles. The van der Waals surface area contributed by atoms with E-state index in [0.717, 1.165) is 5.56 Å². The maximum atomic E-state index is 13.8. The van der Waals surface area contributed by atoms with E-state index in [-0.39, 0.29) is 55.1 Å². The van der Waals surface area contributed by atoms with Crippen LogP contribution in [0.3, 0.4) is 0 Å². The van der Waals surface area contributed by atoms with E-state index in [9.17, 15) is 24.3 Å². The first-order valence-corrected chi connectivity index (χ1v) is 15.6. The summed E-state index contributed by atoms with van der Waals surface area (Å²) in [6, 6.07) is 21.0. The molecule has 2 aliphatic rings. The Morgan fingerprint density at radius 1 is 0.894 bits per heavy atom. The van der Waals surface area contributed by atoms with Gasteiger partial charge >= 0.3 is 5.63 Å². The molecule has 11 nitrogen and oxygen atoms in total. The molecule has 6 rings (SSSR count). The number of carbonyl (C=O) groups excluding carboxylic acids is 3. The first-order valence-electron chi connectivity index (χ1n) is 15.6. The van der Waals surface area contributed by atoms with Crippen LogP contribution >= 0.6 is 0 Å². The first-order chi connectivity index (χ1) is 22.8. The molecule has 0 fully saturated rings. The quantitative estimate of drug-likeness (QED) is 0.297. The van der Waals surface area contributed by atoms with E-state index >= 15 is 0 Å². The number of amides is 3. The second-order valence-electron chi connectivity index (χ2n) is 11.6. The Morgan fingerprint density at radius 3 is 2.53 bits per heavy atom. The molecule has 0 saturated carbocycles. The van der Waals surface area contributed by atoms with Crippen LogP contribution in [-0.4, -0.2) is 60.5 Å². The molecule has 3 aromatic carbocycles. The van der Waals surface area contributed by atoms with Crippen LogP contribution in [0, 0.1) is 6.92 Å². The van der Waals surface area contributed by atoms with E-state index in [1.54, 1.807) is 55.5 Å². The van der Waals surface area contributed by atoms with Crippen molar-refractivity contribution < 1.29 is 33.4 Å². The molecule has 0 radical (unpaired) electrons. The lowest BCUT2D eigenvalue weighted by molar-refractivity contribution is -0.121. The number of benzene rings is 3. The highest BCUT2D eigenvalue weighted by Crippen LogP contribution is 2.36. The zero-order valence-corrected chi connectivity index (χ0v) is 25.9. The molecule has 3 amide bonds. The average Bonchev–Trinajstić information content (AvgIpc) is 3.07. The number of fused-ring (bicyclic) bond motifs is 6. The highest BCUT2D eigenvalue weighted by atomic mass is 16.6. The fourth-order valence-corrected chi connectivity index (χ4v) is 5.72. The number of nitrogens with one attached hydrogen (secondary N) is 2. The summed E-state index contributed by atoms with van der Waals surface area (Å²) in [4.78, 5) is 54.3. The van der Waals surface area contributed by atoms with Crippen molar-refractivity contribution in [3.05, 3.63) is 111 Å². The second-order valence-corrected chi connectivity index (χ2v) is 11.6. The van der Waals surface area contributed by atoms with Crippen molar-refractivity contribution in [2.75, 3.05) is 32.8 Å². The number of ether oxygens (including phenoxy) is 2. The molecule has 4 bridgehead atoms. The van der Waals surface area contributed by atoms with Crippen LogP contribution in [-0.2, 0) is 11.2 Å². The molecular formula is C36H35N3O8. The summed E-state index contributed by atoms with van der Waals surface area (Å²) in [5.74, 6) is 0.154. The van der Waals surface area contributed by atoms with Crippen molar-refractivity contribution in [3.8, 4) is 28.4 Å². The van der Waals surface area contributed by atoms with E-state index in [4.69, 9.17) is 13.9 Å². The Labute approximate surface area is 271 Å². The normalized spacial score (nSPS) is 17.1. The summed E-state index contributed by atoms with van der Waals surface area (Å²) in [6.07, 6.45) is 0.777. The molecule has 47 heavy (non-hydrogen) atoms. The summed E-state index contributed by atoms with van der Waals surface area (Å²) in [6.45, 7) is 2.30. The number of phenols is 1. The third-order valence-corrected chi connectivity index (χ3v) is 8.20. The molecule has 242 valence electrons. The van der Waals surface area contributed by atoms with Crippen molar-refractivity contribution in [3.63, 3.8) is 0 Å². The van der Waals surface area contributed by atoms with Gasteiger partial charge < -0.3 is 34.5 Å². The van der Waals surface area contributed by atoms with Gasteiger partial charge in [0, 0.05) is 30.8 Å². The van der Waals surface area contributed by atoms with Crippen LogP contribution in [0.4, 0.5) is 0 Å². The topological polar surface area (TPSA) is 147 Å². The number of nitrogens with zero attached hydrogens (tertiary/aromatic N) is 1. The van der Waals surface area contributed by atoms with Crippen LogP contribution in [0.15, 0.2) is 82.0 Å². The van der Waals surface area contributed by atoms with Gasteiger partial charge in [-0.3, -0.25) is 14.4 Å². The van der Waals surface area contributed by atoms with Crippen molar-refractivity contribution in [2.24, 2.45) is 0 Å². The van der Waals surface area contributed by atoms with Crippen LogP contribution in [0.2, 0.25) is 0 Å². The van der Waals surface area contributed by atoms with Crippen molar-refractivity contribution in [2.45, 2.75) is 32.3 Å². The molecule has 1 aromatic heterocycles. The van der Waals surface area contributed by atoms with Gasteiger partial charge in [0.2, 0.25) is 5.91 Å². The molecule has 1 unspecified atom stereocenters. The van der Waals surface area contributed by atoms with Crippen molar-refractivity contribution >= 4 is 17.7 Å². The lowest BCUT2D eigenvalue weighted by Gasteiger charge is -2.26. The van der Waals surface area contributed by atoms with E-state index in [0.29, 0.717) is 59.6 Å². The fourth-order valence-electron chi connectivity index (χ4n) is 5.72. The number of phenolic OH excluding ortho intramolecular Hbond substituents is 1. The highest BCUT2D eigenvalue weighted by molar-refractivity contribution is 5.97. The highest BCUT2D eigenvalue weighted by Gasteiger charge is 2.29. The van der Waals surface area contributed by atoms with Crippen LogP contribution in [0.25, 0.3) is 11.1 Å². The average molecular weight is 638 g/mol. The van der Waals surface area contributed by atoms with Crippen LogP contribution in [0.5, 0.6) is 17.2 Å². The standard InChI is InChI=1S/C36H35N3O8/c1-22-17-30(31-21-45-28-9-2-3-10-29(28)46-31)47-36(44)33(22)35(43)39-16-5-4-14-38-34(42)25-8-6-7-24(19-25)26-18-23(11-12-27(26)40)13-15-37-32(41)20-39/h2-3,6-12,17-19,31,40H,4-5,13-16,20-21H2,1H3,(H,37,41)(H,38,42). The summed E-state index contributed by atoms with van der Waals surface area (Å²) < 4.78 is 17.3. The molecule has 3 N–H and O–H groups in total. The number of rotatable bonds is 2. The van der Waals surface area contributed by atoms with Gasteiger partial charge in [0.1, 0.15) is 17.9 Å². The summed E-state index contributed by atoms with van der Waals surface area (Å²) in [5.41, 5.74) is 2.00. The SMILES string of the molecule is Cc1cc(C2COc3ccccc3O2)oc(=O)c1C(=O)N1CCCCNC(=O)c2cccc(c2)-c2cc(ccc2O)CCNC(=O)C1. The van der Waals surface area contributed by atoms with Gasteiger partial charge in [-0.05, 0) is 85.3 Å². The maximum absolute atomic E-state index is 13.8. The number of hydrogen-bond acceptors (Lipinski definition) is 8. The van der Waals surface area contributed by atoms with E-state index in [2.05, 4.69) is 10.6 Å². The minimum Gasteiger partial charge on any atom is -0.507 e. The van der Waals surface area contributed by atoms with Gasteiger partial charge in [-0.1, -0.05) is 30.3 Å². The Balaban J connectivity index is 1.20. The van der Waals surface area contributed by atoms with Crippen LogP contribution < -0.4 is 25.7 Å². The Hall–Kier alpha value is -5.58. The molecule has 11 heteroatoms. The zero-order valence-electron chi connectivity index (χ0n) is 25.9. The summed E-state index contributed by atoms with van der Waals surface area (Å²) in [7, 11) is 0. The third kappa shape index (κ3) is 7.14. The van der Waals surface area contributed by atoms with Crippen LogP contribution in [0.1, 0.15) is 56.5 Å². The number of aryl methyl sites for hydroxylation is 1. The van der Waals surface area contributed by atoms with E-state index in [1.165, 1.54) is 4.90 Å². The van der Waals surface area contributed by atoms with E-state index in [1.807, 2.05) is 24.3 Å². The molecule has 0 aliphatic carbocycles. The maximum Gasteiger partial charge on any atom is 0.349 e. The number of hydrogen-bond donors (Lipinski definition) is 3. The Bertz CT molecular complexity index is 1880. The van der Waals surface area contributed by atoms with Crippen molar-refractivity contribution in [1.29, 1.82) is 0 Å². The van der Waals surface area contributed by atoms with Gasteiger partial charge in [-0.15, -0.1) is 0 Å². The zero-order chi connectivity index (χ0) is 32.9. The number of carbonyl (C=O) groups is 3. The Morgan fingerprint density at radius 2 is 1.70 bits per heavy atom. The van der Waals surface area contributed by atoms with Gasteiger partial charge in [0.15, 0.2) is 23.4 Å². The molecule has 0 spiro atoms. The Kier molecular flexibility index (Phi) is 9.23. The lowest BCUT2D eigenvalue weighted by Crippen LogP contribution is -2.43. The second kappa shape index (κ2) is 13.8. The number of aromatic hydroxyl groups is 1. The van der Waals surface area contributed by atoms with Gasteiger partial charge in [-0.2, -0.15) is 0 Å². The van der Waals surface area contributed by atoms with Gasteiger partial charge in [-0.25, -0.2) is 4.79 Å². The fraction of sp³-hybridized carbons (Fsp3) is 0.278. The predicted octanol–water partition coefficient (Wildman–Crippen LogP) is 4.16. The minimum atomic E-state index is -0.829. The van der Waals surface area contributed by atoms with E-state index < -0.39 is 17.6 Å². The largest absolute Gasteiger partial charge is 0.507 e. The smallest absolute Gasteiger partial charge is 0.349 e. The van der Waals surface area contributed by atoms with Gasteiger partial charge in [0.05, 0.1) is 6.54 Å². The summed E-state index contributed by atoms with van der Waals surface area (Å²) in [5, 5.41) is 16.3. The molecule has 2 aliphatic heterocycles. The monoisotopic (exact) mass is 637 g/mol. The molecular weight excluding hydrogens is 602 g/mol. The molecule has 1 atom stereocenters. The molecule has 3 heterocycles. The molecule has 4 aromatic rings. The predicted molar refractivity (Wildman–Crippen MR) is 173 cm³/mol.